The number of nitrogens with one attached hydrogen (secondary N) is 4. The van der Waals surface area contributed by atoms with Crippen LogP contribution in [0, 0.1) is 53.3 Å². The van der Waals surface area contributed by atoms with Gasteiger partial charge in [-0.1, -0.05) is 70.3 Å². The van der Waals surface area contributed by atoms with Gasteiger partial charge in [-0.15, -0.1) is 0 Å². The Morgan fingerprint density at radius 3 is 1.49 bits per heavy atom. The highest BCUT2D eigenvalue weighted by Gasteiger charge is 2.59. The number of hydrogen-bond donors (Lipinski definition) is 5. The van der Waals surface area contributed by atoms with Crippen LogP contribution in [0.4, 0.5) is 0 Å². The van der Waals surface area contributed by atoms with E-state index in [0.717, 1.165) is 25.7 Å². The topological polar surface area (TPSA) is 205 Å². The molecular formula is C61H105BrN4O15. The maximum Gasteiger partial charge on any atom is 0.306 e. The Hall–Kier alpha value is -1.99. The van der Waals surface area contributed by atoms with E-state index >= 15 is 0 Å². The lowest BCUT2D eigenvalue weighted by atomic mass is 9.76. The van der Waals surface area contributed by atoms with E-state index in [1.54, 1.807) is 21.3 Å². The molecule has 1 aliphatic carbocycles. The number of hydrogen-bond acceptors (Lipinski definition) is 19. The summed E-state index contributed by atoms with van der Waals surface area (Å²) in [7, 11) is 4.92. The summed E-state index contributed by atoms with van der Waals surface area (Å²) in [4.78, 5) is 14.4. The van der Waals surface area contributed by atoms with E-state index in [9.17, 15) is 9.90 Å². The summed E-state index contributed by atoms with van der Waals surface area (Å²) >= 11 is 4.38. The van der Waals surface area contributed by atoms with Crippen LogP contribution in [0.2, 0.25) is 0 Å². The lowest BCUT2D eigenvalue weighted by Crippen LogP contribution is -2.52. The van der Waals surface area contributed by atoms with Crippen molar-refractivity contribution < 1.29 is 71.5 Å². The van der Waals surface area contributed by atoms with Crippen LogP contribution in [-0.2, 0) is 58.8 Å². The highest BCUT2D eigenvalue weighted by molar-refractivity contribution is 9.09. The van der Waals surface area contributed by atoms with Crippen molar-refractivity contribution in [3.63, 3.8) is 0 Å². The molecule has 466 valence electrons. The molecule has 6 aliphatic rings. The summed E-state index contributed by atoms with van der Waals surface area (Å²) in [6.07, 6.45) is 5.84. The van der Waals surface area contributed by atoms with Crippen LogP contribution in [0.1, 0.15) is 92.1 Å². The van der Waals surface area contributed by atoms with E-state index in [1.165, 1.54) is 6.42 Å². The van der Waals surface area contributed by atoms with Crippen molar-refractivity contribution in [1.29, 1.82) is 0 Å². The average molecular weight is 1210 g/mol. The Morgan fingerprint density at radius 1 is 0.519 bits per heavy atom. The number of fused-ring (bicyclic) bond motifs is 8. The molecular weight excluding hydrogens is 1110 g/mol. The van der Waals surface area contributed by atoms with E-state index in [4.69, 9.17) is 61.6 Å². The minimum absolute atomic E-state index is 0.00220. The minimum Gasteiger partial charge on any atom is -0.487 e. The molecule has 1 aromatic carbocycles. The van der Waals surface area contributed by atoms with E-state index in [1.807, 2.05) is 12.1 Å². The number of benzene rings is 1. The van der Waals surface area contributed by atoms with Crippen molar-refractivity contribution in [1.82, 2.24) is 21.3 Å². The molecule has 19 nitrogen and oxygen atoms in total. The van der Waals surface area contributed by atoms with Gasteiger partial charge in [-0.25, -0.2) is 0 Å². The summed E-state index contributed by atoms with van der Waals surface area (Å²) in [5.41, 5.74) is 0.678. The van der Waals surface area contributed by atoms with Gasteiger partial charge in [-0.3, -0.25) is 4.79 Å². The fourth-order valence-electron chi connectivity index (χ4n) is 14.9. The molecule has 1 aromatic rings. The van der Waals surface area contributed by atoms with Gasteiger partial charge in [0.1, 0.15) is 26.4 Å². The van der Waals surface area contributed by atoms with E-state index in [0.29, 0.717) is 188 Å². The third-order valence-corrected chi connectivity index (χ3v) is 20.3. The Kier molecular flexibility index (Phi) is 28.7. The number of halogens is 1. The normalized spacial score (nSPS) is 34.3. The third-order valence-electron chi connectivity index (χ3n) is 19.1. The number of alkyl halides is 1. The van der Waals surface area contributed by atoms with Crippen LogP contribution in [0.5, 0.6) is 17.2 Å². The number of carbonyl (C=O) groups is 1. The lowest BCUT2D eigenvalue weighted by molar-refractivity contribution is -0.145. The molecule has 1 saturated carbocycles. The number of aliphatic hydroxyl groups excluding tert-OH is 1. The van der Waals surface area contributed by atoms with Gasteiger partial charge in [0.25, 0.3) is 0 Å². The van der Waals surface area contributed by atoms with E-state index in [2.05, 4.69) is 78.7 Å². The second-order valence-electron chi connectivity index (χ2n) is 23.7. The first-order valence-corrected chi connectivity index (χ1v) is 31.9. The zero-order chi connectivity index (χ0) is 57.7. The predicted octanol–water partition coefficient (Wildman–Crippen LogP) is 5.81. The summed E-state index contributed by atoms with van der Waals surface area (Å²) in [6.45, 7) is 21.5. The molecule has 20 heteroatoms. The SMILES string of the molecule is CCC1C2CC3NC4C(CC(O)C4C3C)C3NC(C(C)C3CCC(=O)OCc3cc(OCCOCCOCCOC)c(OCCOCCOCCOC)c(OCCOCCOCCOC)c3)C(Br)C3NC(CC(N2)C1C)C(CC)C3C. The number of esters is 1. The van der Waals surface area contributed by atoms with Gasteiger partial charge in [0.15, 0.2) is 11.5 Å². The maximum absolute atomic E-state index is 14.2. The van der Waals surface area contributed by atoms with Gasteiger partial charge in [0.05, 0.1) is 105 Å². The molecule has 0 amide bonds. The monoisotopic (exact) mass is 1210 g/mol. The maximum atomic E-state index is 14.2. The first-order valence-electron chi connectivity index (χ1n) is 30.9. The van der Waals surface area contributed by atoms with Crippen molar-refractivity contribution in [2.24, 2.45) is 53.3 Å². The Balaban J connectivity index is 1.06. The van der Waals surface area contributed by atoms with Gasteiger partial charge in [-0.2, -0.15) is 0 Å². The summed E-state index contributed by atoms with van der Waals surface area (Å²) < 4.78 is 74.6. The number of aliphatic hydroxyl groups is 1. The second kappa shape index (κ2) is 35.0. The van der Waals surface area contributed by atoms with Crippen molar-refractivity contribution >= 4 is 21.9 Å². The molecule has 0 radical (unpaired) electrons. The highest BCUT2D eigenvalue weighted by atomic mass is 79.9. The summed E-state index contributed by atoms with van der Waals surface area (Å²) in [5.74, 6) is 4.48. The molecule has 19 unspecified atom stereocenters. The quantitative estimate of drug-likeness (QED) is 0.0303. The molecule has 19 atom stereocenters. The van der Waals surface area contributed by atoms with Crippen LogP contribution in [0.25, 0.3) is 0 Å². The van der Waals surface area contributed by atoms with Crippen LogP contribution in [-0.4, -0.2) is 211 Å². The molecule has 5 heterocycles. The smallest absolute Gasteiger partial charge is 0.306 e. The fraction of sp³-hybridized carbons (Fsp3) is 0.885. The Morgan fingerprint density at radius 2 is 0.963 bits per heavy atom. The molecule has 5 N–H and O–H groups in total. The minimum atomic E-state index is -0.373. The van der Waals surface area contributed by atoms with E-state index < -0.39 is 0 Å². The zero-order valence-electron chi connectivity index (χ0n) is 50.5. The molecule has 0 spiro atoms. The molecule has 5 saturated heterocycles. The van der Waals surface area contributed by atoms with Gasteiger partial charge >= 0.3 is 5.97 Å². The molecule has 5 aliphatic heterocycles. The summed E-state index contributed by atoms with van der Waals surface area (Å²) in [5, 5.41) is 29.0. The standard InChI is InChI=1S/C61H105BrN4O15/c1-10-43-38(3)47-35-50-44(11-2)39(4)57(65-50)56(62)58-40(5)45(59(66-58)46-34-51(67)55-41(6)48(64-60(46)55)36-49(43)63-47)12-13-54(68)81-37-42-32-52(78-29-26-75-23-20-72-17-14-69-7)61(80-31-28-77-25-22-74-19-16-71-9)53(33-42)79-30-27-76-24-21-73-18-15-70-8/h32-33,38-41,43-51,55-60,63-67H,10-31,34-37H2,1-9H3. The zero-order valence-corrected chi connectivity index (χ0v) is 52.1. The van der Waals surface area contributed by atoms with Crippen LogP contribution in [0.3, 0.4) is 0 Å². The van der Waals surface area contributed by atoms with Crippen molar-refractivity contribution in [2.75, 3.05) is 140 Å². The molecule has 8 bridgehead atoms. The average Bonchev–Trinajstić information content (AvgIpc) is 4.38. The van der Waals surface area contributed by atoms with Gasteiger partial charge in [0, 0.05) is 86.8 Å². The Labute approximate surface area is 493 Å². The van der Waals surface area contributed by atoms with Crippen LogP contribution < -0.4 is 35.5 Å². The molecule has 81 heavy (non-hydrogen) atoms. The lowest BCUT2D eigenvalue weighted by Gasteiger charge is -2.33. The largest absolute Gasteiger partial charge is 0.487 e. The predicted molar refractivity (Wildman–Crippen MR) is 313 cm³/mol. The van der Waals surface area contributed by atoms with Crippen molar-refractivity contribution in [3.05, 3.63) is 17.7 Å². The molecule has 6 fully saturated rings. The molecule has 0 aromatic heterocycles. The number of carbonyl (C=O) groups excluding carboxylic acids is 1. The first-order chi connectivity index (χ1) is 39.4. The van der Waals surface area contributed by atoms with Crippen LogP contribution >= 0.6 is 15.9 Å². The fourth-order valence-corrected chi connectivity index (χ4v) is 16.2. The van der Waals surface area contributed by atoms with Gasteiger partial charge < -0.3 is 88.0 Å². The van der Waals surface area contributed by atoms with Gasteiger partial charge in [-0.05, 0) is 90.7 Å². The first kappa shape index (κ1) is 66.5. The second-order valence-corrected chi connectivity index (χ2v) is 24.8. The van der Waals surface area contributed by atoms with Gasteiger partial charge in [0.2, 0.25) is 5.75 Å². The van der Waals surface area contributed by atoms with E-state index in [-0.39, 0.29) is 91.5 Å². The molecule has 7 rings (SSSR count). The number of methoxy groups -OCH3 is 3. The number of ether oxygens (including phenoxy) is 13. The summed E-state index contributed by atoms with van der Waals surface area (Å²) in [6, 6.07) is 6.15. The van der Waals surface area contributed by atoms with Crippen molar-refractivity contribution in [2.45, 2.75) is 152 Å². The Bertz CT molecular complexity index is 1910. The number of rotatable bonds is 37. The van der Waals surface area contributed by atoms with Crippen molar-refractivity contribution in [3.8, 4) is 17.2 Å². The third kappa shape index (κ3) is 18.3. The van der Waals surface area contributed by atoms with Crippen LogP contribution in [0.15, 0.2) is 12.1 Å². The highest BCUT2D eigenvalue weighted by Crippen LogP contribution is 2.51.